The van der Waals surface area contributed by atoms with Crippen LogP contribution in [-0.2, 0) is 4.79 Å². The van der Waals surface area contributed by atoms with Crippen molar-refractivity contribution in [1.29, 1.82) is 5.26 Å². The summed E-state index contributed by atoms with van der Waals surface area (Å²) in [6.45, 7) is 1.76. The summed E-state index contributed by atoms with van der Waals surface area (Å²) in [5, 5.41) is 8.16. The Labute approximate surface area is 93.2 Å². The van der Waals surface area contributed by atoms with Crippen molar-refractivity contribution in [3.8, 4) is 11.8 Å². The molecule has 0 aliphatic carbocycles. The van der Waals surface area contributed by atoms with Gasteiger partial charge in [-0.2, -0.15) is 5.26 Å². The molecule has 78 valence electrons. The lowest BCUT2D eigenvalue weighted by Crippen LogP contribution is -2.14. The van der Waals surface area contributed by atoms with Gasteiger partial charge in [-0.15, -0.1) is 0 Å². The summed E-state index contributed by atoms with van der Waals surface area (Å²) in [5.74, 6) is 0.624. The second-order valence-electron chi connectivity index (χ2n) is 3.12. The molecule has 0 aliphatic rings. The van der Waals surface area contributed by atoms with Crippen molar-refractivity contribution < 1.29 is 9.53 Å². The minimum absolute atomic E-state index is 0.168. The third kappa shape index (κ3) is 4.01. The topological polar surface area (TPSA) is 50.1 Å². The molecule has 3 nitrogen and oxygen atoms in total. The lowest BCUT2D eigenvalue weighted by Gasteiger charge is -2.12. The first-order valence-corrected chi connectivity index (χ1v) is 4.85. The van der Waals surface area contributed by atoms with Crippen LogP contribution in [0.2, 0.25) is 0 Å². The molecule has 15 heavy (non-hydrogen) atoms. The van der Waals surface area contributed by atoms with Gasteiger partial charge in [0.15, 0.2) is 0 Å². The van der Waals surface area contributed by atoms with Gasteiger partial charge < -0.3 is 4.74 Å². The van der Waals surface area contributed by atoms with Gasteiger partial charge in [0.05, 0.1) is 18.1 Å². The number of halogens is 1. The van der Waals surface area contributed by atoms with E-state index in [1.54, 1.807) is 31.2 Å². The highest BCUT2D eigenvalue weighted by Gasteiger charge is 2.08. The Bertz CT molecular complexity index is 381. The molecule has 0 heterocycles. The van der Waals surface area contributed by atoms with E-state index in [-0.39, 0.29) is 12.5 Å². The fraction of sp³-hybridized carbons (Fsp3) is 0.273. The maximum Gasteiger partial charge on any atom is 0.225 e. The molecule has 0 aromatic heterocycles. The highest BCUT2D eigenvalue weighted by Crippen LogP contribution is 2.14. The number of ether oxygens (including phenoxy) is 1. The zero-order chi connectivity index (χ0) is 11.3. The molecule has 1 atom stereocenters. The normalized spacial score (nSPS) is 11.5. The van der Waals surface area contributed by atoms with Crippen molar-refractivity contribution in [2.75, 3.05) is 0 Å². The maximum atomic E-state index is 10.6. The van der Waals surface area contributed by atoms with Crippen LogP contribution >= 0.6 is 11.6 Å². The number of carbonyl (C=O) groups is 1. The van der Waals surface area contributed by atoms with E-state index in [0.29, 0.717) is 11.3 Å². The molecule has 0 radical (unpaired) electrons. The standard InChI is InChI=1S/C11H10ClNO2/c1-8(6-11(12)14)15-10-4-2-9(7-13)3-5-10/h2-5,8H,6H2,1H3. The van der Waals surface area contributed by atoms with Crippen molar-refractivity contribution >= 4 is 16.8 Å². The van der Waals surface area contributed by atoms with Crippen LogP contribution in [0.15, 0.2) is 24.3 Å². The average molecular weight is 224 g/mol. The third-order valence-electron chi connectivity index (χ3n) is 1.77. The van der Waals surface area contributed by atoms with E-state index >= 15 is 0 Å². The van der Waals surface area contributed by atoms with Gasteiger partial charge >= 0.3 is 0 Å². The zero-order valence-electron chi connectivity index (χ0n) is 8.24. The van der Waals surface area contributed by atoms with Gasteiger partial charge in [-0.3, -0.25) is 4.79 Å². The van der Waals surface area contributed by atoms with Crippen LogP contribution in [0, 0.1) is 11.3 Å². The van der Waals surface area contributed by atoms with E-state index in [0.717, 1.165) is 0 Å². The second kappa shape index (κ2) is 5.38. The van der Waals surface area contributed by atoms with Crippen LogP contribution in [0.25, 0.3) is 0 Å². The van der Waals surface area contributed by atoms with Gasteiger partial charge in [0.25, 0.3) is 0 Å². The molecule has 0 amide bonds. The van der Waals surface area contributed by atoms with Crippen molar-refractivity contribution in [2.24, 2.45) is 0 Å². The molecule has 0 bridgehead atoms. The SMILES string of the molecule is CC(CC(=O)Cl)Oc1ccc(C#N)cc1. The van der Waals surface area contributed by atoms with E-state index in [1.807, 2.05) is 6.07 Å². The number of carbonyl (C=O) groups excluding carboxylic acids is 1. The van der Waals surface area contributed by atoms with Crippen molar-refractivity contribution in [3.05, 3.63) is 29.8 Å². The second-order valence-corrected chi connectivity index (χ2v) is 3.55. The summed E-state index contributed by atoms with van der Waals surface area (Å²) >= 11 is 5.22. The maximum absolute atomic E-state index is 10.6. The minimum atomic E-state index is -0.420. The third-order valence-corrected chi connectivity index (χ3v) is 1.92. The lowest BCUT2D eigenvalue weighted by molar-refractivity contribution is -0.112. The molecular formula is C11H10ClNO2. The molecule has 0 spiro atoms. The molecule has 4 heteroatoms. The molecule has 0 saturated heterocycles. The average Bonchev–Trinajstić information content (AvgIpc) is 2.17. The molecule has 1 unspecified atom stereocenters. The van der Waals surface area contributed by atoms with Crippen LogP contribution in [-0.4, -0.2) is 11.3 Å². The Morgan fingerprint density at radius 1 is 1.53 bits per heavy atom. The van der Waals surface area contributed by atoms with Gasteiger partial charge in [0, 0.05) is 0 Å². The predicted octanol–water partition coefficient (Wildman–Crippen LogP) is 2.48. The molecule has 0 aliphatic heterocycles. The van der Waals surface area contributed by atoms with E-state index in [9.17, 15) is 4.79 Å². The largest absolute Gasteiger partial charge is 0.490 e. The van der Waals surface area contributed by atoms with Gasteiger partial charge in [0.2, 0.25) is 5.24 Å². The highest BCUT2D eigenvalue weighted by atomic mass is 35.5. The number of nitrogens with zero attached hydrogens (tertiary/aromatic N) is 1. The van der Waals surface area contributed by atoms with E-state index in [2.05, 4.69) is 0 Å². The molecule has 1 aromatic carbocycles. The van der Waals surface area contributed by atoms with Crippen LogP contribution in [0.1, 0.15) is 18.9 Å². The van der Waals surface area contributed by atoms with Crippen LogP contribution in [0.3, 0.4) is 0 Å². The number of hydrogen-bond donors (Lipinski definition) is 0. The number of benzene rings is 1. The van der Waals surface area contributed by atoms with Gasteiger partial charge in [-0.25, -0.2) is 0 Å². The first-order chi connectivity index (χ1) is 7.11. The number of hydrogen-bond acceptors (Lipinski definition) is 3. The Kier molecular flexibility index (Phi) is 4.14. The Hall–Kier alpha value is -1.53. The number of nitriles is 1. The lowest BCUT2D eigenvalue weighted by atomic mass is 10.2. The molecular weight excluding hydrogens is 214 g/mol. The first-order valence-electron chi connectivity index (χ1n) is 4.47. The van der Waals surface area contributed by atoms with Crippen LogP contribution in [0.5, 0.6) is 5.75 Å². The fourth-order valence-corrected chi connectivity index (χ4v) is 1.33. The fourth-order valence-electron chi connectivity index (χ4n) is 1.11. The summed E-state index contributed by atoms with van der Waals surface area (Å²) in [6.07, 6.45) is -0.0930. The van der Waals surface area contributed by atoms with Crippen molar-refractivity contribution in [2.45, 2.75) is 19.4 Å². The van der Waals surface area contributed by atoms with Gasteiger partial charge in [-0.1, -0.05) is 0 Å². The highest BCUT2D eigenvalue weighted by molar-refractivity contribution is 6.63. The molecule has 1 rings (SSSR count). The molecule has 0 N–H and O–H groups in total. The monoisotopic (exact) mass is 223 g/mol. The summed E-state index contributed by atoms with van der Waals surface area (Å²) < 4.78 is 5.41. The van der Waals surface area contributed by atoms with Crippen LogP contribution in [0.4, 0.5) is 0 Å². The van der Waals surface area contributed by atoms with Crippen molar-refractivity contribution in [3.63, 3.8) is 0 Å². The first kappa shape index (κ1) is 11.5. The number of rotatable bonds is 4. The van der Waals surface area contributed by atoms with E-state index < -0.39 is 5.24 Å². The summed E-state index contributed by atoms with van der Waals surface area (Å²) in [4.78, 5) is 10.6. The summed E-state index contributed by atoms with van der Waals surface area (Å²) in [6, 6.07) is 8.70. The van der Waals surface area contributed by atoms with Gasteiger partial charge in [0.1, 0.15) is 11.9 Å². The van der Waals surface area contributed by atoms with Gasteiger partial charge in [-0.05, 0) is 42.8 Å². The Morgan fingerprint density at radius 2 is 2.13 bits per heavy atom. The smallest absolute Gasteiger partial charge is 0.225 e. The molecule has 1 aromatic rings. The van der Waals surface area contributed by atoms with Crippen molar-refractivity contribution in [1.82, 2.24) is 0 Å². The van der Waals surface area contributed by atoms with E-state index in [4.69, 9.17) is 21.6 Å². The van der Waals surface area contributed by atoms with Crippen LogP contribution < -0.4 is 4.74 Å². The minimum Gasteiger partial charge on any atom is -0.490 e. The molecule has 0 fully saturated rings. The predicted molar refractivity (Wildman–Crippen MR) is 56.7 cm³/mol. The summed E-state index contributed by atoms with van der Waals surface area (Å²) in [5.41, 5.74) is 0.573. The Morgan fingerprint density at radius 3 is 2.60 bits per heavy atom. The quantitative estimate of drug-likeness (QED) is 0.737. The zero-order valence-corrected chi connectivity index (χ0v) is 8.99. The Balaban J connectivity index is 2.58. The van der Waals surface area contributed by atoms with E-state index in [1.165, 1.54) is 0 Å². The summed E-state index contributed by atoms with van der Waals surface area (Å²) in [7, 11) is 0. The molecule has 0 saturated carbocycles.